The number of hydrogen-bond donors (Lipinski definition) is 1. The van der Waals surface area contributed by atoms with Crippen LogP contribution in [0.3, 0.4) is 0 Å². The Morgan fingerprint density at radius 2 is 2.12 bits per heavy atom. The molecule has 16 heavy (non-hydrogen) atoms. The molecule has 2 N–H and O–H groups in total. The Morgan fingerprint density at radius 3 is 2.75 bits per heavy atom. The molecule has 0 radical (unpaired) electrons. The smallest absolute Gasteiger partial charge is 0.126 e. The largest absolute Gasteiger partial charge is 0.493 e. The highest BCUT2D eigenvalue weighted by Crippen LogP contribution is 2.40. The summed E-state index contributed by atoms with van der Waals surface area (Å²) in [7, 11) is 0. The minimum atomic E-state index is 0.127. The predicted molar refractivity (Wildman–Crippen MR) is 67.0 cm³/mol. The standard InChI is InChI=1S/C14H21NO/c1-14(2,3)12-6-4-5-11-10(9-15)7-8-16-13(11)12/h4-6,10H,7-9,15H2,1-3H3. The van der Waals surface area contributed by atoms with Crippen molar-refractivity contribution in [2.75, 3.05) is 13.2 Å². The van der Waals surface area contributed by atoms with Crippen LogP contribution in [0.1, 0.15) is 44.2 Å². The molecule has 2 rings (SSSR count). The number of nitrogens with two attached hydrogens (primary N) is 1. The molecule has 1 unspecified atom stereocenters. The molecule has 1 heterocycles. The Kier molecular flexibility index (Phi) is 2.94. The van der Waals surface area contributed by atoms with E-state index in [0.29, 0.717) is 12.5 Å². The van der Waals surface area contributed by atoms with E-state index in [1.807, 2.05) is 0 Å². The maximum Gasteiger partial charge on any atom is 0.126 e. The molecule has 2 heteroatoms. The molecule has 0 saturated heterocycles. The van der Waals surface area contributed by atoms with Crippen LogP contribution in [0.5, 0.6) is 5.75 Å². The van der Waals surface area contributed by atoms with Gasteiger partial charge in [-0.1, -0.05) is 39.0 Å². The zero-order chi connectivity index (χ0) is 11.8. The first-order valence-electron chi connectivity index (χ1n) is 6.00. The third-order valence-corrected chi connectivity index (χ3v) is 3.29. The van der Waals surface area contributed by atoms with E-state index >= 15 is 0 Å². The first-order valence-corrected chi connectivity index (χ1v) is 6.00. The summed E-state index contributed by atoms with van der Waals surface area (Å²) in [6.45, 7) is 8.17. The van der Waals surface area contributed by atoms with E-state index in [4.69, 9.17) is 10.5 Å². The lowest BCUT2D eigenvalue weighted by Gasteiger charge is -2.31. The Bertz CT molecular complexity index is 379. The minimum absolute atomic E-state index is 0.127. The summed E-state index contributed by atoms with van der Waals surface area (Å²) in [6.07, 6.45) is 1.04. The molecule has 0 spiro atoms. The molecule has 0 bridgehead atoms. The van der Waals surface area contributed by atoms with Gasteiger partial charge in [0.15, 0.2) is 0 Å². The van der Waals surface area contributed by atoms with Crippen LogP contribution in [0.4, 0.5) is 0 Å². The third-order valence-electron chi connectivity index (χ3n) is 3.29. The fourth-order valence-corrected chi connectivity index (χ4v) is 2.33. The Hall–Kier alpha value is -1.02. The van der Waals surface area contributed by atoms with Gasteiger partial charge in [-0.3, -0.25) is 0 Å². The summed E-state index contributed by atoms with van der Waals surface area (Å²) in [5.74, 6) is 1.54. The van der Waals surface area contributed by atoms with Gasteiger partial charge in [0, 0.05) is 5.92 Å². The number of para-hydroxylation sites is 1. The lowest BCUT2D eigenvalue weighted by atomic mass is 9.82. The predicted octanol–water partition coefficient (Wildman–Crippen LogP) is 2.81. The van der Waals surface area contributed by atoms with Crippen molar-refractivity contribution in [2.24, 2.45) is 5.73 Å². The van der Waals surface area contributed by atoms with Crippen LogP contribution in [0.15, 0.2) is 18.2 Å². The molecular formula is C14H21NO. The molecule has 1 aromatic rings. The lowest BCUT2D eigenvalue weighted by Crippen LogP contribution is -2.24. The van der Waals surface area contributed by atoms with Gasteiger partial charge >= 0.3 is 0 Å². The second-order valence-corrected chi connectivity index (χ2v) is 5.54. The minimum Gasteiger partial charge on any atom is -0.493 e. The molecule has 0 aromatic heterocycles. The van der Waals surface area contributed by atoms with Gasteiger partial charge < -0.3 is 10.5 Å². The Morgan fingerprint density at radius 1 is 1.38 bits per heavy atom. The third kappa shape index (κ3) is 1.94. The van der Waals surface area contributed by atoms with Crippen molar-refractivity contribution >= 4 is 0 Å². The van der Waals surface area contributed by atoms with Gasteiger partial charge in [0.1, 0.15) is 5.75 Å². The van der Waals surface area contributed by atoms with Gasteiger partial charge in [0.2, 0.25) is 0 Å². The number of rotatable bonds is 1. The average molecular weight is 219 g/mol. The van der Waals surface area contributed by atoms with Crippen LogP contribution in [-0.4, -0.2) is 13.2 Å². The second-order valence-electron chi connectivity index (χ2n) is 5.54. The van der Waals surface area contributed by atoms with E-state index in [0.717, 1.165) is 18.8 Å². The van der Waals surface area contributed by atoms with Gasteiger partial charge in [0.05, 0.1) is 6.61 Å². The van der Waals surface area contributed by atoms with E-state index in [-0.39, 0.29) is 5.41 Å². The molecule has 0 amide bonds. The molecule has 0 aliphatic carbocycles. The molecule has 2 nitrogen and oxygen atoms in total. The molecular weight excluding hydrogens is 198 g/mol. The average Bonchev–Trinajstić information content (AvgIpc) is 2.26. The number of hydrogen-bond acceptors (Lipinski definition) is 2. The van der Waals surface area contributed by atoms with Gasteiger partial charge in [-0.2, -0.15) is 0 Å². The van der Waals surface area contributed by atoms with Gasteiger partial charge in [-0.15, -0.1) is 0 Å². The van der Waals surface area contributed by atoms with Crippen molar-refractivity contribution < 1.29 is 4.74 Å². The highest BCUT2D eigenvalue weighted by Gasteiger charge is 2.27. The summed E-state index contributed by atoms with van der Waals surface area (Å²) in [5.41, 5.74) is 8.54. The quantitative estimate of drug-likeness (QED) is 0.788. The SMILES string of the molecule is CC(C)(C)c1cccc2c1OCCC2CN. The number of ether oxygens (including phenoxy) is 1. The van der Waals surface area contributed by atoms with Gasteiger partial charge in [-0.25, -0.2) is 0 Å². The van der Waals surface area contributed by atoms with E-state index in [1.165, 1.54) is 11.1 Å². The molecule has 0 saturated carbocycles. The van der Waals surface area contributed by atoms with E-state index in [9.17, 15) is 0 Å². The summed E-state index contributed by atoms with van der Waals surface area (Å²) >= 11 is 0. The zero-order valence-electron chi connectivity index (χ0n) is 10.4. The maximum absolute atomic E-state index is 5.86. The van der Waals surface area contributed by atoms with Crippen LogP contribution in [0, 0.1) is 0 Å². The summed E-state index contributed by atoms with van der Waals surface area (Å²) in [6, 6.07) is 6.44. The Balaban J connectivity index is 2.51. The number of benzene rings is 1. The van der Waals surface area contributed by atoms with Crippen molar-refractivity contribution in [3.05, 3.63) is 29.3 Å². The fourth-order valence-electron chi connectivity index (χ4n) is 2.33. The van der Waals surface area contributed by atoms with Crippen LogP contribution in [0.25, 0.3) is 0 Å². The normalized spacial score (nSPS) is 20.1. The zero-order valence-corrected chi connectivity index (χ0v) is 10.4. The molecule has 1 aliphatic heterocycles. The molecule has 1 atom stereocenters. The van der Waals surface area contributed by atoms with Crippen molar-refractivity contribution in [3.8, 4) is 5.75 Å². The van der Waals surface area contributed by atoms with E-state index in [1.54, 1.807) is 0 Å². The van der Waals surface area contributed by atoms with Crippen molar-refractivity contribution in [1.29, 1.82) is 0 Å². The summed E-state index contributed by atoms with van der Waals surface area (Å²) in [5, 5.41) is 0. The van der Waals surface area contributed by atoms with E-state index < -0.39 is 0 Å². The van der Waals surface area contributed by atoms with Crippen molar-refractivity contribution in [3.63, 3.8) is 0 Å². The molecule has 1 aromatic carbocycles. The lowest BCUT2D eigenvalue weighted by molar-refractivity contribution is 0.261. The maximum atomic E-state index is 5.86. The van der Waals surface area contributed by atoms with Crippen molar-refractivity contribution in [1.82, 2.24) is 0 Å². The second kappa shape index (κ2) is 4.10. The Labute approximate surface area is 97.8 Å². The molecule has 0 fully saturated rings. The van der Waals surface area contributed by atoms with Crippen LogP contribution in [0.2, 0.25) is 0 Å². The highest BCUT2D eigenvalue weighted by molar-refractivity contribution is 5.48. The van der Waals surface area contributed by atoms with Crippen LogP contribution in [-0.2, 0) is 5.41 Å². The van der Waals surface area contributed by atoms with Crippen LogP contribution < -0.4 is 10.5 Å². The molecule has 1 aliphatic rings. The summed E-state index contributed by atoms with van der Waals surface area (Å²) < 4.78 is 5.86. The fraction of sp³-hybridized carbons (Fsp3) is 0.571. The monoisotopic (exact) mass is 219 g/mol. The topological polar surface area (TPSA) is 35.2 Å². The van der Waals surface area contributed by atoms with Crippen LogP contribution >= 0.6 is 0 Å². The van der Waals surface area contributed by atoms with Crippen molar-refractivity contribution in [2.45, 2.75) is 38.5 Å². The first kappa shape index (κ1) is 11.5. The van der Waals surface area contributed by atoms with Gasteiger partial charge in [-0.05, 0) is 29.5 Å². The van der Waals surface area contributed by atoms with Gasteiger partial charge in [0.25, 0.3) is 0 Å². The first-order chi connectivity index (χ1) is 7.54. The number of fused-ring (bicyclic) bond motifs is 1. The van der Waals surface area contributed by atoms with E-state index in [2.05, 4.69) is 39.0 Å². The highest BCUT2D eigenvalue weighted by atomic mass is 16.5. The summed E-state index contributed by atoms with van der Waals surface area (Å²) in [4.78, 5) is 0. The molecule has 88 valence electrons.